The lowest BCUT2D eigenvalue weighted by molar-refractivity contribution is -0.156. The zero-order valence-corrected chi connectivity index (χ0v) is 6.65. The first-order chi connectivity index (χ1) is 5.09. The Balaban J connectivity index is 3.80. The Morgan fingerprint density at radius 3 is 2.45 bits per heavy atom. The van der Waals surface area contributed by atoms with Crippen LogP contribution in [0.3, 0.4) is 0 Å². The van der Waals surface area contributed by atoms with Crippen LogP contribution in [0.1, 0.15) is 13.8 Å². The largest absolute Gasteiger partial charge is 0.463 e. The third-order valence-corrected chi connectivity index (χ3v) is 0.979. The molecule has 0 radical (unpaired) electrons. The highest BCUT2D eigenvalue weighted by Gasteiger charge is 2.15. The van der Waals surface area contributed by atoms with Gasteiger partial charge in [0.1, 0.15) is 0 Å². The lowest BCUT2D eigenvalue weighted by Crippen LogP contribution is -2.36. The highest BCUT2D eigenvalue weighted by molar-refractivity contribution is 5.63. The normalized spacial score (nSPS) is 10.2. The molecule has 0 unspecified atom stereocenters. The molecule has 0 aromatic carbocycles. The average Bonchev–Trinajstić information content (AvgIpc) is 1.87. The minimum Gasteiger partial charge on any atom is -0.463 e. The summed E-state index contributed by atoms with van der Waals surface area (Å²) in [6.07, 6.45) is -1.14. The molecule has 1 amide bonds. The van der Waals surface area contributed by atoms with Crippen molar-refractivity contribution in [2.24, 2.45) is 0 Å². The Morgan fingerprint density at radius 2 is 2.18 bits per heavy atom. The summed E-state index contributed by atoms with van der Waals surface area (Å²) in [6, 6.07) is -0.237. The zero-order valence-electron chi connectivity index (χ0n) is 6.65. The number of carboxylic acid groups (broad SMARTS) is 1. The summed E-state index contributed by atoms with van der Waals surface area (Å²) >= 11 is 0. The van der Waals surface area contributed by atoms with Crippen molar-refractivity contribution in [3.05, 3.63) is 0 Å². The lowest BCUT2D eigenvalue weighted by Gasteiger charge is -2.21. The monoisotopic (exact) mass is 163 g/mol. The summed E-state index contributed by atoms with van der Waals surface area (Å²) in [7, 11) is 0. The molecule has 0 aliphatic heterocycles. The summed E-state index contributed by atoms with van der Waals surface area (Å²) < 4.78 is 0. The number of hydroxylamine groups is 2. The van der Waals surface area contributed by atoms with Crippen molar-refractivity contribution >= 4 is 6.09 Å². The van der Waals surface area contributed by atoms with Gasteiger partial charge in [0.25, 0.3) is 0 Å². The molecule has 0 fully saturated rings. The van der Waals surface area contributed by atoms with E-state index < -0.39 is 6.09 Å². The first-order valence-corrected chi connectivity index (χ1v) is 3.35. The van der Waals surface area contributed by atoms with Crippen LogP contribution in [0.25, 0.3) is 0 Å². The van der Waals surface area contributed by atoms with Crippen LogP contribution in [0, 0.1) is 0 Å². The molecular weight excluding hydrogens is 150 g/mol. The number of aliphatic hydroxyl groups is 1. The maximum atomic E-state index is 10.4. The van der Waals surface area contributed by atoms with Gasteiger partial charge in [-0.15, -0.1) is 0 Å². The van der Waals surface area contributed by atoms with Crippen LogP contribution in [-0.4, -0.2) is 40.6 Å². The predicted octanol–water partition coefficient (Wildman–Crippen LogP) is 0.299. The van der Waals surface area contributed by atoms with Gasteiger partial charge in [-0.2, -0.15) is 5.06 Å². The Morgan fingerprint density at radius 1 is 1.64 bits per heavy atom. The van der Waals surface area contributed by atoms with Gasteiger partial charge in [-0.05, 0) is 13.8 Å². The van der Waals surface area contributed by atoms with Gasteiger partial charge in [0.05, 0.1) is 19.3 Å². The van der Waals surface area contributed by atoms with E-state index in [4.69, 9.17) is 15.1 Å². The number of aliphatic hydroxyl groups excluding tert-OH is 1. The predicted molar refractivity (Wildman–Crippen MR) is 38.0 cm³/mol. The molecule has 0 heterocycles. The fraction of sp³-hybridized carbons (Fsp3) is 0.833. The highest BCUT2D eigenvalue weighted by atomic mass is 16.7. The molecule has 2 N–H and O–H groups in total. The van der Waals surface area contributed by atoms with E-state index in [1.807, 2.05) is 0 Å². The fourth-order valence-corrected chi connectivity index (χ4v) is 0.564. The number of rotatable bonds is 4. The molecule has 0 saturated heterocycles. The van der Waals surface area contributed by atoms with Crippen LogP contribution in [-0.2, 0) is 4.84 Å². The quantitative estimate of drug-likeness (QED) is 0.585. The van der Waals surface area contributed by atoms with Gasteiger partial charge in [-0.1, -0.05) is 0 Å². The molecule has 0 spiro atoms. The number of hydrogen-bond donors (Lipinski definition) is 2. The Kier molecular flexibility index (Phi) is 4.56. The van der Waals surface area contributed by atoms with Gasteiger partial charge in [0.2, 0.25) is 0 Å². The van der Waals surface area contributed by atoms with Crippen molar-refractivity contribution < 1.29 is 19.8 Å². The second-order valence-corrected chi connectivity index (χ2v) is 2.26. The second-order valence-electron chi connectivity index (χ2n) is 2.26. The van der Waals surface area contributed by atoms with Crippen LogP contribution in [0.2, 0.25) is 0 Å². The molecule has 0 saturated carbocycles. The fourth-order valence-electron chi connectivity index (χ4n) is 0.564. The Bertz CT molecular complexity index is 126. The van der Waals surface area contributed by atoms with Gasteiger partial charge in [-0.3, -0.25) is 4.84 Å². The Labute approximate surface area is 65.1 Å². The summed E-state index contributed by atoms with van der Waals surface area (Å²) in [5.41, 5.74) is 0. The molecule has 0 atom stereocenters. The van der Waals surface area contributed by atoms with Crippen LogP contribution in [0.4, 0.5) is 4.79 Å². The summed E-state index contributed by atoms with van der Waals surface area (Å²) in [5.74, 6) is 0. The Hall–Kier alpha value is -0.810. The van der Waals surface area contributed by atoms with E-state index in [-0.39, 0.29) is 19.3 Å². The van der Waals surface area contributed by atoms with E-state index in [2.05, 4.69) is 0 Å². The first-order valence-electron chi connectivity index (χ1n) is 3.35. The third-order valence-electron chi connectivity index (χ3n) is 0.979. The van der Waals surface area contributed by atoms with Crippen LogP contribution < -0.4 is 0 Å². The van der Waals surface area contributed by atoms with Crippen LogP contribution in [0.15, 0.2) is 0 Å². The molecule has 0 aromatic heterocycles. The third kappa shape index (κ3) is 3.79. The molecule has 66 valence electrons. The number of carbonyl (C=O) groups is 1. The molecule has 0 aromatic rings. The maximum Gasteiger partial charge on any atom is 0.431 e. The van der Waals surface area contributed by atoms with Crippen molar-refractivity contribution in [1.82, 2.24) is 5.06 Å². The summed E-state index contributed by atoms with van der Waals surface area (Å²) in [6.45, 7) is 3.19. The van der Waals surface area contributed by atoms with Gasteiger partial charge in [0.15, 0.2) is 0 Å². The smallest absolute Gasteiger partial charge is 0.431 e. The molecule has 0 bridgehead atoms. The zero-order chi connectivity index (χ0) is 8.85. The molecule has 5 heteroatoms. The molecule has 5 nitrogen and oxygen atoms in total. The van der Waals surface area contributed by atoms with Crippen molar-refractivity contribution in [3.63, 3.8) is 0 Å². The summed E-state index contributed by atoms with van der Waals surface area (Å²) in [5, 5.41) is 17.6. The van der Waals surface area contributed by atoms with Crippen LogP contribution >= 0.6 is 0 Å². The van der Waals surface area contributed by atoms with Gasteiger partial charge in [0, 0.05) is 0 Å². The van der Waals surface area contributed by atoms with Gasteiger partial charge >= 0.3 is 6.09 Å². The lowest BCUT2D eigenvalue weighted by atomic mass is 10.4. The standard InChI is InChI=1S/C6H13NO4/c1-5(2)7(6(9)10)11-4-3-8/h5,8H,3-4H2,1-2H3,(H,9,10). The average molecular weight is 163 g/mol. The molecule has 0 aliphatic rings. The van der Waals surface area contributed by atoms with E-state index in [0.29, 0.717) is 0 Å². The van der Waals surface area contributed by atoms with Crippen molar-refractivity contribution in [2.45, 2.75) is 19.9 Å². The number of nitrogens with zero attached hydrogens (tertiary/aromatic N) is 1. The highest BCUT2D eigenvalue weighted by Crippen LogP contribution is 1.98. The topological polar surface area (TPSA) is 70.0 Å². The molecule has 0 aliphatic carbocycles. The van der Waals surface area contributed by atoms with E-state index in [0.717, 1.165) is 5.06 Å². The first kappa shape index (κ1) is 10.2. The second kappa shape index (κ2) is 4.92. The van der Waals surface area contributed by atoms with Crippen molar-refractivity contribution in [3.8, 4) is 0 Å². The number of hydrogen-bond acceptors (Lipinski definition) is 3. The maximum absolute atomic E-state index is 10.4. The minimum atomic E-state index is -1.14. The molecule has 11 heavy (non-hydrogen) atoms. The van der Waals surface area contributed by atoms with Crippen molar-refractivity contribution in [1.29, 1.82) is 0 Å². The van der Waals surface area contributed by atoms with E-state index >= 15 is 0 Å². The number of amides is 1. The van der Waals surface area contributed by atoms with E-state index in [9.17, 15) is 4.79 Å². The van der Waals surface area contributed by atoms with Crippen LogP contribution in [0.5, 0.6) is 0 Å². The SMILES string of the molecule is CC(C)N(OCCO)C(=O)O. The van der Waals surface area contributed by atoms with E-state index in [1.54, 1.807) is 13.8 Å². The molecule has 0 rings (SSSR count). The van der Waals surface area contributed by atoms with E-state index in [1.165, 1.54) is 0 Å². The summed E-state index contributed by atoms with van der Waals surface area (Å²) in [4.78, 5) is 15.1. The van der Waals surface area contributed by atoms with Gasteiger partial charge < -0.3 is 10.2 Å². The molecular formula is C6H13NO4. The van der Waals surface area contributed by atoms with Gasteiger partial charge in [-0.25, -0.2) is 4.79 Å². The van der Waals surface area contributed by atoms with Crippen molar-refractivity contribution in [2.75, 3.05) is 13.2 Å². The minimum absolute atomic E-state index is 0.00444.